The van der Waals surface area contributed by atoms with E-state index >= 15 is 0 Å². The number of sulfonamides is 1. The first kappa shape index (κ1) is 19.8. The minimum Gasteiger partial charge on any atom is -0.381 e. The summed E-state index contributed by atoms with van der Waals surface area (Å²) in [5, 5.41) is 2.98. The largest absolute Gasteiger partial charge is 0.381 e. The van der Waals surface area contributed by atoms with Crippen molar-refractivity contribution < 1.29 is 17.9 Å². The summed E-state index contributed by atoms with van der Waals surface area (Å²) in [4.78, 5) is 13.0. The normalized spacial score (nSPS) is 18.8. The zero-order valence-electron chi connectivity index (χ0n) is 15.0. The van der Waals surface area contributed by atoms with Crippen LogP contribution in [0.1, 0.15) is 31.4 Å². The zero-order chi connectivity index (χ0) is 18.7. The van der Waals surface area contributed by atoms with Crippen LogP contribution in [0.3, 0.4) is 0 Å². The molecule has 1 atom stereocenters. The van der Waals surface area contributed by atoms with Crippen molar-refractivity contribution in [3.05, 3.63) is 29.8 Å². The molecule has 1 aromatic rings. The number of carbonyl (C=O) groups is 1. The Balaban J connectivity index is 2.18. The first-order valence-electron chi connectivity index (χ1n) is 8.34. The molecule has 1 aromatic carbocycles. The van der Waals surface area contributed by atoms with E-state index < -0.39 is 15.4 Å². The minimum atomic E-state index is -3.51. The molecule has 1 aliphatic heterocycles. The van der Waals surface area contributed by atoms with Crippen LogP contribution in [0.15, 0.2) is 29.2 Å². The molecule has 1 heterocycles. The Labute approximate surface area is 149 Å². The van der Waals surface area contributed by atoms with Crippen molar-refractivity contribution in [2.75, 3.05) is 33.9 Å². The Hall–Kier alpha value is -1.48. The molecule has 2 rings (SSSR count). The minimum absolute atomic E-state index is 0.105. The number of amides is 1. The summed E-state index contributed by atoms with van der Waals surface area (Å²) >= 11 is 0. The van der Waals surface area contributed by atoms with Crippen LogP contribution in [0.5, 0.6) is 0 Å². The molecule has 0 saturated carbocycles. The van der Waals surface area contributed by atoms with Gasteiger partial charge in [0.1, 0.15) is 0 Å². The summed E-state index contributed by atoms with van der Waals surface area (Å²) < 4.78 is 31.1. The third-order valence-corrected chi connectivity index (χ3v) is 6.62. The van der Waals surface area contributed by atoms with E-state index in [1.807, 2.05) is 6.92 Å². The van der Waals surface area contributed by atoms with E-state index in [2.05, 4.69) is 5.32 Å². The van der Waals surface area contributed by atoms with E-state index in [-0.39, 0.29) is 23.4 Å². The first-order chi connectivity index (χ1) is 11.7. The van der Waals surface area contributed by atoms with Gasteiger partial charge in [-0.2, -0.15) is 0 Å². The monoisotopic (exact) mass is 369 g/mol. The summed E-state index contributed by atoms with van der Waals surface area (Å²) in [6.07, 6.45) is 1.19. The number of ether oxygens (including phenoxy) is 1. The summed E-state index contributed by atoms with van der Waals surface area (Å²) in [7, 11) is -0.536. The van der Waals surface area contributed by atoms with Gasteiger partial charge in [0.25, 0.3) is 0 Å². The van der Waals surface area contributed by atoms with Gasteiger partial charge in [0.05, 0.1) is 16.4 Å². The highest BCUT2D eigenvalue weighted by atomic mass is 32.2. The maximum Gasteiger partial charge on any atom is 0.242 e. The first-order valence-corrected chi connectivity index (χ1v) is 9.78. The van der Waals surface area contributed by atoms with E-state index in [1.54, 1.807) is 24.3 Å². The molecule has 0 aromatic heterocycles. The molecule has 140 valence electrons. The molecular formula is C17H27N3O4S. The lowest BCUT2D eigenvalue weighted by Crippen LogP contribution is -2.49. The van der Waals surface area contributed by atoms with Gasteiger partial charge in [-0.3, -0.25) is 4.79 Å². The van der Waals surface area contributed by atoms with Crippen molar-refractivity contribution >= 4 is 15.9 Å². The number of nitrogens with two attached hydrogens (primary N) is 1. The highest BCUT2D eigenvalue weighted by molar-refractivity contribution is 7.89. The number of rotatable bonds is 6. The Kier molecular flexibility index (Phi) is 6.21. The number of nitrogens with zero attached hydrogens (tertiary/aromatic N) is 1. The fourth-order valence-corrected chi connectivity index (χ4v) is 3.83. The van der Waals surface area contributed by atoms with Crippen LogP contribution >= 0.6 is 0 Å². The molecule has 1 aliphatic rings. The Morgan fingerprint density at radius 1 is 1.36 bits per heavy atom. The quantitative estimate of drug-likeness (QED) is 0.775. The van der Waals surface area contributed by atoms with Crippen molar-refractivity contribution in [1.29, 1.82) is 0 Å². The molecular weight excluding hydrogens is 342 g/mol. The lowest BCUT2D eigenvalue weighted by Gasteiger charge is -2.35. The molecule has 3 N–H and O–H groups in total. The van der Waals surface area contributed by atoms with Crippen molar-refractivity contribution in [1.82, 2.24) is 9.62 Å². The van der Waals surface area contributed by atoms with Crippen LogP contribution < -0.4 is 11.1 Å². The molecule has 8 heteroatoms. The number of carbonyl (C=O) groups excluding carboxylic acids is 1. The molecule has 25 heavy (non-hydrogen) atoms. The van der Waals surface area contributed by atoms with Gasteiger partial charge in [-0.15, -0.1) is 0 Å². The molecule has 0 bridgehead atoms. The average Bonchev–Trinajstić information content (AvgIpc) is 2.62. The van der Waals surface area contributed by atoms with E-state index in [0.717, 1.165) is 5.56 Å². The number of hydrogen-bond acceptors (Lipinski definition) is 5. The standard InChI is InChI=1S/C17H27N3O4S/c1-13(19-16(21)17(12-18)7-9-24-10-8-17)14-5-4-6-15(11-14)25(22,23)20(2)3/h4-6,11,13H,7-10,12,18H2,1-3H3,(H,19,21). The second kappa shape index (κ2) is 7.82. The Morgan fingerprint density at radius 3 is 2.56 bits per heavy atom. The molecule has 1 saturated heterocycles. The van der Waals surface area contributed by atoms with E-state index in [1.165, 1.54) is 18.4 Å². The van der Waals surface area contributed by atoms with Crippen LogP contribution in [0.2, 0.25) is 0 Å². The van der Waals surface area contributed by atoms with Gasteiger partial charge in [0.15, 0.2) is 0 Å². The Morgan fingerprint density at radius 2 is 2.00 bits per heavy atom. The summed E-state index contributed by atoms with van der Waals surface area (Å²) in [5.74, 6) is -0.105. The predicted octanol–water partition coefficient (Wildman–Crippen LogP) is 0.870. The maximum atomic E-state index is 12.8. The average molecular weight is 369 g/mol. The SMILES string of the molecule is CC(NC(=O)C1(CN)CCOCC1)c1cccc(S(=O)(=O)N(C)C)c1. The molecule has 0 aliphatic carbocycles. The number of benzene rings is 1. The summed E-state index contributed by atoms with van der Waals surface area (Å²) in [5.41, 5.74) is 5.99. The van der Waals surface area contributed by atoms with Crippen molar-refractivity contribution in [3.8, 4) is 0 Å². The molecule has 1 fully saturated rings. The second-order valence-corrected chi connectivity index (χ2v) is 8.80. The van der Waals surface area contributed by atoms with Gasteiger partial charge in [-0.05, 0) is 37.5 Å². The van der Waals surface area contributed by atoms with Gasteiger partial charge < -0.3 is 15.8 Å². The molecule has 7 nitrogen and oxygen atoms in total. The number of hydrogen-bond donors (Lipinski definition) is 2. The molecule has 1 amide bonds. The van der Waals surface area contributed by atoms with Gasteiger partial charge in [0.2, 0.25) is 15.9 Å². The predicted molar refractivity (Wildman–Crippen MR) is 95.4 cm³/mol. The molecule has 0 radical (unpaired) electrons. The fraction of sp³-hybridized carbons (Fsp3) is 0.588. The van der Waals surface area contributed by atoms with Crippen LogP contribution in [0.25, 0.3) is 0 Å². The van der Waals surface area contributed by atoms with Crippen molar-refractivity contribution in [3.63, 3.8) is 0 Å². The smallest absolute Gasteiger partial charge is 0.242 e. The van der Waals surface area contributed by atoms with E-state index in [0.29, 0.717) is 26.1 Å². The van der Waals surface area contributed by atoms with Crippen molar-refractivity contribution in [2.24, 2.45) is 11.1 Å². The van der Waals surface area contributed by atoms with E-state index in [9.17, 15) is 13.2 Å². The molecule has 1 unspecified atom stereocenters. The summed E-state index contributed by atoms with van der Waals surface area (Å²) in [6, 6.07) is 6.31. The van der Waals surface area contributed by atoms with Gasteiger partial charge in [0, 0.05) is 33.9 Å². The third-order valence-electron chi connectivity index (χ3n) is 4.81. The van der Waals surface area contributed by atoms with Gasteiger partial charge >= 0.3 is 0 Å². The molecule has 0 spiro atoms. The van der Waals surface area contributed by atoms with Crippen LogP contribution in [0.4, 0.5) is 0 Å². The number of nitrogens with one attached hydrogen (secondary N) is 1. The van der Waals surface area contributed by atoms with Crippen LogP contribution in [-0.4, -0.2) is 52.5 Å². The second-order valence-electron chi connectivity index (χ2n) is 6.65. The lowest BCUT2D eigenvalue weighted by molar-refractivity contribution is -0.136. The zero-order valence-corrected chi connectivity index (χ0v) is 15.8. The highest BCUT2D eigenvalue weighted by Crippen LogP contribution is 2.30. The maximum absolute atomic E-state index is 12.8. The van der Waals surface area contributed by atoms with Gasteiger partial charge in [-0.25, -0.2) is 12.7 Å². The van der Waals surface area contributed by atoms with Gasteiger partial charge in [-0.1, -0.05) is 12.1 Å². The van der Waals surface area contributed by atoms with Crippen molar-refractivity contribution in [2.45, 2.75) is 30.7 Å². The van der Waals surface area contributed by atoms with E-state index in [4.69, 9.17) is 10.5 Å². The van der Waals surface area contributed by atoms with Crippen LogP contribution in [0, 0.1) is 5.41 Å². The Bertz CT molecular complexity index is 712. The van der Waals surface area contributed by atoms with Crippen LogP contribution in [-0.2, 0) is 19.6 Å². The lowest BCUT2D eigenvalue weighted by atomic mass is 9.79. The third kappa shape index (κ3) is 4.20. The topological polar surface area (TPSA) is 102 Å². The fourth-order valence-electron chi connectivity index (χ4n) is 2.87. The summed E-state index contributed by atoms with van der Waals surface area (Å²) in [6.45, 7) is 3.15. The highest BCUT2D eigenvalue weighted by Gasteiger charge is 2.39.